The largest absolute Gasteiger partial charge is 0.374 e. The molecule has 1 N–H and O–H groups in total. The monoisotopic (exact) mass is 250 g/mol. The van der Waals surface area contributed by atoms with E-state index >= 15 is 0 Å². The van der Waals surface area contributed by atoms with Crippen LogP contribution >= 0.6 is 0 Å². The molecule has 1 aromatic carbocycles. The molecule has 0 saturated heterocycles. The molecule has 0 spiro atoms. The van der Waals surface area contributed by atoms with Crippen molar-refractivity contribution in [3.63, 3.8) is 0 Å². The van der Waals surface area contributed by atoms with E-state index in [0.29, 0.717) is 0 Å². The summed E-state index contributed by atoms with van der Waals surface area (Å²) in [7, 11) is 3.93. The molecule has 0 aliphatic heterocycles. The van der Waals surface area contributed by atoms with Crippen LogP contribution < -0.4 is 10.2 Å². The summed E-state index contributed by atoms with van der Waals surface area (Å²) in [5.74, 6) is 1.48. The first-order valence-electron chi connectivity index (χ1n) is 6.71. The first-order chi connectivity index (χ1) is 8.54. The normalized spacial score (nSPS) is 23.8. The van der Waals surface area contributed by atoms with Gasteiger partial charge in [-0.2, -0.15) is 0 Å². The predicted octanol–water partition coefficient (Wildman–Crippen LogP) is 3.20. The van der Waals surface area contributed by atoms with Gasteiger partial charge in [0, 0.05) is 30.9 Å². The molecule has 3 heteroatoms. The van der Waals surface area contributed by atoms with E-state index in [1.165, 1.54) is 6.42 Å². The fourth-order valence-electron chi connectivity index (χ4n) is 2.54. The maximum atomic E-state index is 14.0. The van der Waals surface area contributed by atoms with Crippen LogP contribution in [-0.2, 0) is 0 Å². The predicted molar refractivity (Wildman–Crippen MR) is 74.4 cm³/mol. The van der Waals surface area contributed by atoms with Crippen LogP contribution in [0.2, 0.25) is 0 Å². The zero-order valence-electron chi connectivity index (χ0n) is 11.7. The first kappa shape index (κ1) is 13.3. The number of nitrogens with one attached hydrogen (secondary N) is 1. The molecule has 0 radical (unpaired) electrons. The molecule has 0 amide bonds. The molecule has 2 rings (SSSR count). The van der Waals surface area contributed by atoms with Crippen LogP contribution in [0.3, 0.4) is 0 Å². The third-order valence-electron chi connectivity index (χ3n) is 4.09. The van der Waals surface area contributed by atoms with Crippen LogP contribution in [0.1, 0.15) is 31.9 Å². The molecule has 100 valence electrons. The Labute approximate surface area is 109 Å². The highest BCUT2D eigenvalue weighted by Gasteiger charge is 2.33. The molecule has 1 aliphatic carbocycles. The molecule has 3 unspecified atom stereocenters. The highest BCUT2D eigenvalue weighted by molar-refractivity contribution is 5.55. The Bertz CT molecular complexity index is 419. The maximum Gasteiger partial charge on any atom is 0.130 e. The van der Waals surface area contributed by atoms with E-state index in [9.17, 15) is 4.39 Å². The number of benzene rings is 1. The molecule has 18 heavy (non-hydrogen) atoms. The van der Waals surface area contributed by atoms with Gasteiger partial charge in [0.05, 0.1) is 0 Å². The van der Waals surface area contributed by atoms with Crippen molar-refractivity contribution in [3.8, 4) is 0 Å². The lowest BCUT2D eigenvalue weighted by atomic mass is 10.0. The van der Waals surface area contributed by atoms with E-state index in [-0.39, 0.29) is 11.9 Å². The Hall–Kier alpha value is -1.09. The Morgan fingerprint density at radius 2 is 2.17 bits per heavy atom. The summed E-state index contributed by atoms with van der Waals surface area (Å²) < 4.78 is 14.0. The Kier molecular flexibility index (Phi) is 3.91. The topological polar surface area (TPSA) is 15.3 Å². The molecular formula is C15H23FN2. The van der Waals surface area contributed by atoms with E-state index in [2.05, 4.69) is 24.2 Å². The summed E-state index contributed by atoms with van der Waals surface area (Å²) in [6.45, 7) is 5.30. The SMILES string of the molecule is CNC(C)c1c(F)cccc1N(C)CC1CC1C. The average Bonchev–Trinajstić information content (AvgIpc) is 3.03. The second kappa shape index (κ2) is 5.27. The second-order valence-corrected chi connectivity index (χ2v) is 5.54. The quantitative estimate of drug-likeness (QED) is 0.863. The summed E-state index contributed by atoms with van der Waals surface area (Å²) in [5.41, 5.74) is 1.78. The molecule has 0 bridgehead atoms. The lowest BCUT2D eigenvalue weighted by Gasteiger charge is -2.25. The Morgan fingerprint density at radius 3 is 2.72 bits per heavy atom. The van der Waals surface area contributed by atoms with Crippen molar-refractivity contribution in [1.29, 1.82) is 0 Å². The zero-order valence-corrected chi connectivity index (χ0v) is 11.7. The molecule has 3 atom stereocenters. The molecular weight excluding hydrogens is 227 g/mol. The van der Waals surface area contributed by atoms with Crippen LogP contribution in [0, 0.1) is 17.7 Å². The third-order valence-corrected chi connectivity index (χ3v) is 4.09. The fraction of sp³-hybridized carbons (Fsp3) is 0.600. The second-order valence-electron chi connectivity index (χ2n) is 5.54. The third kappa shape index (κ3) is 2.66. The van der Waals surface area contributed by atoms with Gasteiger partial charge >= 0.3 is 0 Å². The lowest BCUT2D eigenvalue weighted by molar-refractivity contribution is 0.559. The highest BCUT2D eigenvalue weighted by Crippen LogP contribution is 2.39. The lowest BCUT2D eigenvalue weighted by Crippen LogP contribution is -2.25. The molecule has 1 saturated carbocycles. The van der Waals surface area contributed by atoms with E-state index < -0.39 is 0 Å². The summed E-state index contributed by atoms with van der Waals surface area (Å²) in [6, 6.07) is 5.38. The van der Waals surface area contributed by atoms with Crippen molar-refractivity contribution in [2.24, 2.45) is 11.8 Å². The van der Waals surface area contributed by atoms with E-state index in [1.54, 1.807) is 12.1 Å². The van der Waals surface area contributed by atoms with E-state index in [1.807, 2.05) is 20.0 Å². The molecule has 0 heterocycles. The van der Waals surface area contributed by atoms with Crippen molar-refractivity contribution in [2.75, 3.05) is 25.5 Å². The van der Waals surface area contributed by atoms with Crippen molar-refractivity contribution in [3.05, 3.63) is 29.6 Å². The summed E-state index contributed by atoms with van der Waals surface area (Å²) >= 11 is 0. The number of hydrogen-bond donors (Lipinski definition) is 1. The zero-order chi connectivity index (χ0) is 13.3. The minimum absolute atomic E-state index is 0.0280. The van der Waals surface area contributed by atoms with Gasteiger partial charge in [-0.1, -0.05) is 13.0 Å². The van der Waals surface area contributed by atoms with E-state index in [0.717, 1.165) is 29.6 Å². The first-order valence-corrected chi connectivity index (χ1v) is 6.71. The van der Waals surface area contributed by atoms with Crippen molar-refractivity contribution < 1.29 is 4.39 Å². The number of hydrogen-bond acceptors (Lipinski definition) is 2. The number of nitrogens with zero attached hydrogens (tertiary/aromatic N) is 1. The smallest absolute Gasteiger partial charge is 0.130 e. The van der Waals surface area contributed by atoms with E-state index in [4.69, 9.17) is 0 Å². The van der Waals surface area contributed by atoms with Gasteiger partial charge in [-0.3, -0.25) is 0 Å². The van der Waals surface area contributed by atoms with Gasteiger partial charge in [-0.25, -0.2) is 4.39 Å². The molecule has 1 aromatic rings. The van der Waals surface area contributed by atoms with Gasteiger partial charge in [0.15, 0.2) is 0 Å². The van der Waals surface area contributed by atoms with Crippen molar-refractivity contribution in [1.82, 2.24) is 5.32 Å². The highest BCUT2D eigenvalue weighted by atomic mass is 19.1. The van der Waals surface area contributed by atoms with Gasteiger partial charge in [0.25, 0.3) is 0 Å². The molecule has 1 fully saturated rings. The molecule has 2 nitrogen and oxygen atoms in total. The average molecular weight is 250 g/mol. The van der Waals surface area contributed by atoms with Crippen molar-refractivity contribution >= 4 is 5.69 Å². The van der Waals surface area contributed by atoms with Crippen LogP contribution in [-0.4, -0.2) is 20.6 Å². The van der Waals surface area contributed by atoms with Crippen LogP contribution in [0.5, 0.6) is 0 Å². The minimum Gasteiger partial charge on any atom is -0.374 e. The van der Waals surface area contributed by atoms with Gasteiger partial charge < -0.3 is 10.2 Å². The minimum atomic E-state index is -0.120. The summed E-state index contributed by atoms with van der Waals surface area (Å²) in [4.78, 5) is 2.19. The maximum absolute atomic E-state index is 14.0. The number of halogens is 1. The van der Waals surface area contributed by atoms with Gasteiger partial charge in [0.1, 0.15) is 5.82 Å². The molecule has 1 aliphatic rings. The van der Waals surface area contributed by atoms with Crippen LogP contribution in [0.15, 0.2) is 18.2 Å². The van der Waals surface area contributed by atoms with Crippen LogP contribution in [0.25, 0.3) is 0 Å². The summed E-state index contributed by atoms with van der Waals surface area (Å²) in [6.07, 6.45) is 1.30. The standard InChI is InChI=1S/C15H23FN2/c1-10-8-12(10)9-18(4)14-7-5-6-13(16)15(14)11(2)17-3/h5-7,10-12,17H,8-9H2,1-4H3. The van der Waals surface area contributed by atoms with Gasteiger partial charge in [-0.15, -0.1) is 0 Å². The summed E-state index contributed by atoms with van der Waals surface area (Å²) in [5, 5.41) is 3.13. The fourth-order valence-corrected chi connectivity index (χ4v) is 2.54. The van der Waals surface area contributed by atoms with Gasteiger partial charge in [0.2, 0.25) is 0 Å². The Balaban J connectivity index is 2.22. The number of anilines is 1. The Morgan fingerprint density at radius 1 is 1.50 bits per heavy atom. The molecule has 0 aromatic heterocycles. The van der Waals surface area contributed by atoms with Gasteiger partial charge in [-0.05, 0) is 44.4 Å². The number of rotatable bonds is 5. The van der Waals surface area contributed by atoms with Crippen molar-refractivity contribution in [2.45, 2.75) is 26.3 Å². The van der Waals surface area contributed by atoms with Crippen LogP contribution in [0.4, 0.5) is 10.1 Å².